The summed E-state index contributed by atoms with van der Waals surface area (Å²) in [5.41, 5.74) is 1.07. The van der Waals surface area contributed by atoms with E-state index in [0.29, 0.717) is 32.5 Å². The summed E-state index contributed by atoms with van der Waals surface area (Å²) in [6.45, 7) is 7.60. The summed E-state index contributed by atoms with van der Waals surface area (Å²) in [5.74, 6) is 0.108. The van der Waals surface area contributed by atoms with Gasteiger partial charge in [-0.05, 0) is 33.1 Å². The van der Waals surface area contributed by atoms with Crippen molar-refractivity contribution < 1.29 is 28.5 Å². The molecule has 5 unspecified atom stereocenters. The van der Waals surface area contributed by atoms with Gasteiger partial charge in [0.1, 0.15) is 12.2 Å². The maximum Gasteiger partial charge on any atom is 0.409 e. The molecule has 31 heavy (non-hydrogen) atoms. The Bertz CT molecular complexity index is 688. The van der Waals surface area contributed by atoms with Gasteiger partial charge in [-0.2, -0.15) is 0 Å². The second kappa shape index (κ2) is 9.88. The van der Waals surface area contributed by atoms with E-state index >= 15 is 0 Å². The number of methoxy groups -OCH3 is 1. The minimum Gasteiger partial charge on any atom is -0.443 e. The molecule has 2 amide bonds. The van der Waals surface area contributed by atoms with Crippen molar-refractivity contribution in [3.8, 4) is 0 Å². The molecule has 1 spiro atoms. The number of amides is 2. The van der Waals surface area contributed by atoms with E-state index in [1.165, 1.54) is 10.5 Å². The van der Waals surface area contributed by atoms with Crippen LogP contribution >= 0.6 is 0 Å². The first-order valence-electron chi connectivity index (χ1n) is 11.3. The lowest BCUT2D eigenvalue weighted by atomic mass is 9.73. The van der Waals surface area contributed by atoms with E-state index in [1.807, 2.05) is 6.92 Å². The van der Waals surface area contributed by atoms with Crippen molar-refractivity contribution in [3.63, 3.8) is 0 Å². The number of epoxide rings is 2. The fraction of sp³-hybridized carbons (Fsp3) is 0.826. The molecule has 0 aromatic carbocycles. The minimum atomic E-state index is -0.395. The number of nitrogens with zero attached hydrogens (tertiary/aromatic N) is 2. The van der Waals surface area contributed by atoms with Crippen LogP contribution in [0, 0.1) is 5.92 Å². The first-order valence-corrected chi connectivity index (χ1v) is 11.3. The van der Waals surface area contributed by atoms with E-state index in [0.717, 1.165) is 12.8 Å². The molecule has 3 fully saturated rings. The van der Waals surface area contributed by atoms with E-state index in [2.05, 4.69) is 19.9 Å². The van der Waals surface area contributed by atoms with Crippen molar-refractivity contribution in [3.05, 3.63) is 11.6 Å². The van der Waals surface area contributed by atoms with Crippen LogP contribution in [0.4, 0.5) is 4.79 Å². The molecule has 0 bridgehead atoms. The molecule has 1 saturated carbocycles. The lowest BCUT2D eigenvalue weighted by Crippen LogP contribution is -2.53. The molecule has 1 aliphatic carbocycles. The van der Waals surface area contributed by atoms with Crippen LogP contribution in [-0.2, 0) is 23.7 Å². The smallest absolute Gasteiger partial charge is 0.409 e. The number of likely N-dealkylation sites (N-methyl/N-ethyl adjacent to an activating group) is 2. The summed E-state index contributed by atoms with van der Waals surface area (Å²) < 4.78 is 23.7. The Hall–Kier alpha value is -1.64. The lowest BCUT2D eigenvalue weighted by molar-refractivity contribution is -0.129. The maximum absolute atomic E-state index is 12.7. The van der Waals surface area contributed by atoms with Crippen LogP contribution in [0.15, 0.2) is 11.6 Å². The Morgan fingerprint density at radius 2 is 1.87 bits per heavy atom. The SMILES string of the molecule is CCC(=O)N(C)CCN(C)C(=O)OC1CCC2(CO2)C(C2O[C@@H]2CC=C(C)C)C1OC. The van der Waals surface area contributed by atoms with Crippen molar-refractivity contribution in [2.45, 2.75) is 76.5 Å². The fourth-order valence-electron chi connectivity index (χ4n) is 4.61. The number of carbonyl (C=O) groups excluding carboxylic acids is 2. The van der Waals surface area contributed by atoms with E-state index in [4.69, 9.17) is 18.9 Å². The van der Waals surface area contributed by atoms with Gasteiger partial charge in [0.05, 0.1) is 24.4 Å². The quantitative estimate of drug-likeness (QED) is 0.406. The standard InChI is InChI=1S/C23H38N2O6/c1-7-18(26)24(4)12-13-25(5)22(27)31-17-10-11-23(14-29-23)19(20(17)28-6)21-16(30-21)9-8-15(2)3/h8,16-17,19-21H,7,9-14H2,1-6H3/t16-,17?,19?,20?,21?,23?/m1/s1. The first kappa shape index (κ1) is 24.0. The first-order chi connectivity index (χ1) is 14.7. The molecule has 0 aromatic heterocycles. The third kappa shape index (κ3) is 5.59. The zero-order valence-corrected chi connectivity index (χ0v) is 19.8. The predicted octanol–water partition coefficient (Wildman–Crippen LogP) is 2.61. The Morgan fingerprint density at radius 1 is 1.19 bits per heavy atom. The summed E-state index contributed by atoms with van der Waals surface area (Å²) >= 11 is 0. The molecule has 0 aromatic rings. The molecule has 3 aliphatic rings. The Balaban J connectivity index is 1.58. The number of carbonyl (C=O) groups is 2. The van der Waals surface area contributed by atoms with Gasteiger partial charge in [0.2, 0.25) is 5.91 Å². The molecule has 8 heteroatoms. The molecule has 176 valence electrons. The molecular weight excluding hydrogens is 400 g/mol. The number of allylic oxidation sites excluding steroid dienone is 1. The van der Waals surface area contributed by atoms with Gasteiger partial charge in [-0.25, -0.2) is 4.79 Å². The highest BCUT2D eigenvalue weighted by Crippen LogP contribution is 2.54. The second-order valence-corrected chi connectivity index (χ2v) is 9.29. The average Bonchev–Trinajstić information content (AvgIpc) is 3.67. The zero-order chi connectivity index (χ0) is 22.8. The Morgan fingerprint density at radius 3 is 2.45 bits per heavy atom. The summed E-state index contributed by atoms with van der Waals surface area (Å²) in [6.07, 6.45) is 4.30. The van der Waals surface area contributed by atoms with Crippen LogP contribution in [0.1, 0.15) is 46.5 Å². The Labute approximate surface area is 185 Å². The lowest BCUT2D eigenvalue weighted by Gasteiger charge is -2.40. The summed E-state index contributed by atoms with van der Waals surface area (Å²) in [5, 5.41) is 0. The molecular formula is C23H38N2O6. The van der Waals surface area contributed by atoms with Gasteiger partial charge in [-0.1, -0.05) is 18.6 Å². The normalized spacial score (nSPS) is 33.5. The van der Waals surface area contributed by atoms with Crippen LogP contribution in [0.25, 0.3) is 0 Å². The van der Waals surface area contributed by atoms with E-state index in [-0.39, 0.29) is 41.8 Å². The highest BCUT2D eigenvalue weighted by atomic mass is 16.6. The second-order valence-electron chi connectivity index (χ2n) is 9.29. The largest absolute Gasteiger partial charge is 0.443 e. The molecule has 2 heterocycles. The number of hydrogen-bond donors (Lipinski definition) is 0. The molecule has 8 nitrogen and oxygen atoms in total. The van der Waals surface area contributed by atoms with Gasteiger partial charge >= 0.3 is 6.09 Å². The highest BCUT2D eigenvalue weighted by Gasteiger charge is 2.66. The molecule has 0 N–H and O–H groups in total. The molecule has 3 rings (SSSR count). The monoisotopic (exact) mass is 438 g/mol. The third-order valence-electron chi connectivity index (χ3n) is 6.76. The third-order valence-corrected chi connectivity index (χ3v) is 6.76. The van der Waals surface area contributed by atoms with Crippen molar-refractivity contribution in [2.75, 3.05) is 40.9 Å². The minimum absolute atomic E-state index is 0.0539. The highest BCUT2D eigenvalue weighted by molar-refractivity contribution is 5.75. The van der Waals surface area contributed by atoms with Gasteiger partial charge in [0.15, 0.2) is 0 Å². The summed E-state index contributed by atoms with van der Waals surface area (Å²) in [7, 11) is 5.11. The topological polar surface area (TPSA) is 84.1 Å². The van der Waals surface area contributed by atoms with Crippen LogP contribution < -0.4 is 0 Å². The summed E-state index contributed by atoms with van der Waals surface area (Å²) in [4.78, 5) is 27.6. The van der Waals surface area contributed by atoms with Crippen LogP contribution in [0.5, 0.6) is 0 Å². The van der Waals surface area contributed by atoms with Gasteiger partial charge in [0.25, 0.3) is 0 Å². The predicted molar refractivity (Wildman–Crippen MR) is 116 cm³/mol. The molecule has 2 saturated heterocycles. The number of rotatable bonds is 9. The molecule has 0 radical (unpaired) electrons. The van der Waals surface area contributed by atoms with Crippen molar-refractivity contribution in [2.24, 2.45) is 5.92 Å². The van der Waals surface area contributed by atoms with Crippen molar-refractivity contribution in [1.82, 2.24) is 9.80 Å². The summed E-state index contributed by atoms with van der Waals surface area (Å²) in [6, 6.07) is 0. The number of hydrogen-bond acceptors (Lipinski definition) is 6. The van der Waals surface area contributed by atoms with Crippen LogP contribution in [0.2, 0.25) is 0 Å². The van der Waals surface area contributed by atoms with Gasteiger partial charge in [-0.3, -0.25) is 4.79 Å². The van der Waals surface area contributed by atoms with E-state index < -0.39 is 6.09 Å². The Kier molecular flexibility index (Phi) is 7.65. The van der Waals surface area contributed by atoms with Gasteiger partial charge in [0, 0.05) is 46.6 Å². The number of ether oxygens (including phenoxy) is 4. The van der Waals surface area contributed by atoms with Crippen molar-refractivity contribution in [1.29, 1.82) is 0 Å². The van der Waals surface area contributed by atoms with Crippen molar-refractivity contribution >= 4 is 12.0 Å². The van der Waals surface area contributed by atoms with E-state index in [9.17, 15) is 9.59 Å². The van der Waals surface area contributed by atoms with Gasteiger partial charge < -0.3 is 28.7 Å². The van der Waals surface area contributed by atoms with Crippen LogP contribution in [-0.4, -0.2) is 92.7 Å². The molecule has 6 atom stereocenters. The maximum atomic E-state index is 12.7. The zero-order valence-electron chi connectivity index (χ0n) is 19.8. The van der Waals surface area contributed by atoms with Crippen LogP contribution in [0.3, 0.4) is 0 Å². The fourth-order valence-corrected chi connectivity index (χ4v) is 4.61. The average molecular weight is 439 g/mol. The van der Waals surface area contributed by atoms with E-state index in [1.54, 1.807) is 26.1 Å². The molecule has 2 aliphatic heterocycles. The van der Waals surface area contributed by atoms with Gasteiger partial charge in [-0.15, -0.1) is 0 Å².